The second kappa shape index (κ2) is 3.97. The molecule has 1 aliphatic rings. The molecule has 1 aliphatic heterocycles. The maximum Gasteiger partial charge on any atom is 0.185 e. The van der Waals surface area contributed by atoms with Crippen LogP contribution in [0.1, 0.15) is 24.3 Å². The summed E-state index contributed by atoms with van der Waals surface area (Å²) in [5, 5.41) is 0. The van der Waals surface area contributed by atoms with Crippen molar-refractivity contribution in [3.63, 3.8) is 0 Å². The third kappa shape index (κ3) is 2.13. The summed E-state index contributed by atoms with van der Waals surface area (Å²) in [4.78, 5) is 2.42. The molecule has 0 amide bonds. The summed E-state index contributed by atoms with van der Waals surface area (Å²) in [6.45, 7) is 2.50. The Morgan fingerprint density at radius 1 is 1.08 bits per heavy atom. The lowest BCUT2D eigenvalue weighted by molar-refractivity contribution is 0.335. The maximum absolute atomic E-state index is 2.42. The SMILES string of the molecule is BN1CCC(c2ccccc2)CC1. The van der Waals surface area contributed by atoms with Gasteiger partial charge in [-0.3, -0.25) is 0 Å². The normalized spacial score (nSPS) is 20.3. The topological polar surface area (TPSA) is 3.24 Å². The quantitative estimate of drug-likeness (QED) is 0.580. The zero-order chi connectivity index (χ0) is 9.10. The molecule has 0 saturated carbocycles. The smallest absolute Gasteiger partial charge is 0.185 e. The molecule has 0 aromatic heterocycles. The third-order valence-corrected chi connectivity index (χ3v) is 2.99. The molecule has 1 aromatic rings. The molecule has 2 rings (SSSR count). The van der Waals surface area contributed by atoms with E-state index >= 15 is 0 Å². The Bertz CT molecular complexity index is 252. The first-order valence-corrected chi connectivity index (χ1v) is 5.10. The molecule has 0 unspecified atom stereocenters. The molecule has 1 aromatic carbocycles. The Balaban J connectivity index is 2.03. The Morgan fingerprint density at radius 2 is 1.69 bits per heavy atom. The number of nitrogens with zero attached hydrogens (tertiary/aromatic N) is 1. The maximum atomic E-state index is 2.42. The van der Waals surface area contributed by atoms with Crippen LogP contribution in [0.4, 0.5) is 0 Å². The van der Waals surface area contributed by atoms with Crippen molar-refractivity contribution in [3.8, 4) is 0 Å². The second-order valence-corrected chi connectivity index (χ2v) is 3.99. The molecule has 1 heterocycles. The summed E-state index contributed by atoms with van der Waals surface area (Å²) in [6, 6.07) is 10.9. The number of hydrogen-bond donors (Lipinski definition) is 0. The molecule has 0 bridgehead atoms. The van der Waals surface area contributed by atoms with Gasteiger partial charge in [-0.15, -0.1) is 0 Å². The molecule has 1 nitrogen and oxygen atoms in total. The molecular formula is C11H16BN. The molecule has 1 fully saturated rings. The molecule has 1 saturated heterocycles. The van der Waals surface area contributed by atoms with Crippen LogP contribution in [0.15, 0.2) is 30.3 Å². The van der Waals surface area contributed by atoms with Crippen molar-refractivity contribution in [2.45, 2.75) is 18.8 Å². The summed E-state index contributed by atoms with van der Waals surface area (Å²) >= 11 is 0. The van der Waals surface area contributed by atoms with Crippen LogP contribution in [0.3, 0.4) is 0 Å². The van der Waals surface area contributed by atoms with Crippen molar-refractivity contribution >= 4 is 7.98 Å². The van der Waals surface area contributed by atoms with Crippen molar-refractivity contribution in [2.75, 3.05) is 13.1 Å². The zero-order valence-corrected chi connectivity index (χ0v) is 8.24. The minimum absolute atomic E-state index is 0.803. The summed E-state index contributed by atoms with van der Waals surface area (Å²) in [6.07, 6.45) is 2.64. The summed E-state index contributed by atoms with van der Waals surface area (Å²) < 4.78 is 0. The largest absolute Gasteiger partial charge is 0.349 e. The lowest BCUT2D eigenvalue weighted by Crippen LogP contribution is -2.30. The molecule has 68 valence electrons. The fourth-order valence-electron chi connectivity index (χ4n) is 2.07. The zero-order valence-electron chi connectivity index (χ0n) is 8.24. The van der Waals surface area contributed by atoms with Crippen molar-refractivity contribution in [1.82, 2.24) is 4.81 Å². The molecule has 0 spiro atoms. The molecular weight excluding hydrogens is 157 g/mol. The first-order valence-electron chi connectivity index (χ1n) is 5.10. The van der Waals surface area contributed by atoms with Gasteiger partial charge in [0.15, 0.2) is 7.98 Å². The highest BCUT2D eigenvalue weighted by molar-refractivity contribution is 6.04. The van der Waals surface area contributed by atoms with Gasteiger partial charge in [-0.05, 0) is 37.4 Å². The summed E-state index contributed by atoms with van der Waals surface area (Å²) in [7, 11) is 2.21. The van der Waals surface area contributed by atoms with E-state index in [2.05, 4.69) is 43.1 Å². The van der Waals surface area contributed by atoms with Gasteiger partial charge in [0.2, 0.25) is 0 Å². The first-order chi connectivity index (χ1) is 6.36. The highest BCUT2D eigenvalue weighted by Crippen LogP contribution is 2.26. The van der Waals surface area contributed by atoms with E-state index in [1.807, 2.05) is 0 Å². The van der Waals surface area contributed by atoms with Gasteiger partial charge in [-0.1, -0.05) is 30.3 Å². The van der Waals surface area contributed by atoms with Crippen LogP contribution in [-0.2, 0) is 0 Å². The van der Waals surface area contributed by atoms with E-state index in [1.165, 1.54) is 31.5 Å². The van der Waals surface area contributed by atoms with Crippen LogP contribution in [0, 0.1) is 0 Å². The number of hydrogen-bond acceptors (Lipinski definition) is 1. The average molecular weight is 173 g/mol. The fourth-order valence-corrected chi connectivity index (χ4v) is 2.07. The predicted molar refractivity (Wildman–Crippen MR) is 58.5 cm³/mol. The first kappa shape index (κ1) is 8.83. The van der Waals surface area contributed by atoms with Gasteiger partial charge in [0.25, 0.3) is 0 Å². The summed E-state index contributed by atoms with van der Waals surface area (Å²) in [5.74, 6) is 0.803. The number of rotatable bonds is 1. The van der Waals surface area contributed by atoms with E-state index in [4.69, 9.17) is 0 Å². The van der Waals surface area contributed by atoms with Crippen molar-refractivity contribution in [1.29, 1.82) is 0 Å². The van der Waals surface area contributed by atoms with E-state index in [1.54, 1.807) is 0 Å². The Kier molecular flexibility index (Phi) is 2.69. The minimum atomic E-state index is 0.803. The molecule has 0 radical (unpaired) electrons. The number of benzene rings is 1. The standard InChI is InChI=1S/C11H16BN/c12-13-8-6-11(7-9-13)10-4-2-1-3-5-10/h1-5,11H,6-9,12H2. The van der Waals surface area contributed by atoms with Crippen LogP contribution in [0.5, 0.6) is 0 Å². The Hall–Kier alpha value is -0.755. The lowest BCUT2D eigenvalue weighted by atomic mass is 9.88. The number of piperidine rings is 1. The molecule has 0 N–H and O–H groups in total. The summed E-state index contributed by atoms with van der Waals surface area (Å²) in [5.41, 5.74) is 1.52. The van der Waals surface area contributed by atoms with Gasteiger partial charge in [0.1, 0.15) is 0 Å². The van der Waals surface area contributed by atoms with Gasteiger partial charge in [0.05, 0.1) is 0 Å². The fraction of sp³-hybridized carbons (Fsp3) is 0.455. The van der Waals surface area contributed by atoms with Crippen LogP contribution in [0.2, 0.25) is 0 Å². The van der Waals surface area contributed by atoms with E-state index in [9.17, 15) is 0 Å². The average Bonchev–Trinajstić information content (AvgIpc) is 2.20. The molecule has 0 atom stereocenters. The highest BCUT2D eigenvalue weighted by atomic mass is 15.0. The van der Waals surface area contributed by atoms with Crippen LogP contribution in [0.25, 0.3) is 0 Å². The van der Waals surface area contributed by atoms with Crippen molar-refractivity contribution < 1.29 is 0 Å². The van der Waals surface area contributed by atoms with E-state index in [-0.39, 0.29) is 0 Å². The van der Waals surface area contributed by atoms with Crippen molar-refractivity contribution in [3.05, 3.63) is 35.9 Å². The highest BCUT2D eigenvalue weighted by Gasteiger charge is 2.17. The van der Waals surface area contributed by atoms with Gasteiger partial charge in [0, 0.05) is 0 Å². The Labute approximate surface area is 81.2 Å². The van der Waals surface area contributed by atoms with Gasteiger partial charge >= 0.3 is 0 Å². The van der Waals surface area contributed by atoms with E-state index in [0.717, 1.165) is 5.92 Å². The van der Waals surface area contributed by atoms with Gasteiger partial charge in [-0.25, -0.2) is 0 Å². The van der Waals surface area contributed by atoms with E-state index < -0.39 is 0 Å². The van der Waals surface area contributed by atoms with Crippen LogP contribution >= 0.6 is 0 Å². The minimum Gasteiger partial charge on any atom is -0.349 e. The predicted octanol–water partition coefficient (Wildman–Crippen LogP) is 1.41. The Morgan fingerprint density at radius 3 is 2.31 bits per heavy atom. The van der Waals surface area contributed by atoms with Crippen molar-refractivity contribution in [2.24, 2.45) is 0 Å². The molecule has 0 aliphatic carbocycles. The van der Waals surface area contributed by atoms with Crippen LogP contribution in [-0.4, -0.2) is 25.9 Å². The molecule has 13 heavy (non-hydrogen) atoms. The monoisotopic (exact) mass is 173 g/mol. The second-order valence-electron chi connectivity index (χ2n) is 3.99. The van der Waals surface area contributed by atoms with Gasteiger partial charge < -0.3 is 4.81 Å². The van der Waals surface area contributed by atoms with E-state index in [0.29, 0.717) is 0 Å². The third-order valence-electron chi connectivity index (χ3n) is 2.99. The molecule has 2 heteroatoms. The van der Waals surface area contributed by atoms with Gasteiger partial charge in [-0.2, -0.15) is 0 Å². The lowest BCUT2D eigenvalue weighted by Gasteiger charge is -2.29. The van der Waals surface area contributed by atoms with Crippen LogP contribution < -0.4 is 0 Å².